The summed E-state index contributed by atoms with van der Waals surface area (Å²) in [6.45, 7) is 10.9. The van der Waals surface area contributed by atoms with Gasteiger partial charge in [-0.3, -0.25) is 0 Å². The van der Waals surface area contributed by atoms with E-state index in [2.05, 4.69) is 33.8 Å². The molecule has 1 aliphatic heterocycles. The molecular formula is C20H34O2. The second-order valence-corrected chi connectivity index (χ2v) is 8.17. The van der Waals surface area contributed by atoms with Gasteiger partial charge in [0.1, 0.15) is 0 Å². The molecule has 2 heteroatoms. The van der Waals surface area contributed by atoms with Crippen molar-refractivity contribution in [3.63, 3.8) is 0 Å². The number of hydrogen-bond donors (Lipinski definition) is 1. The number of rotatable bonds is 0. The molecule has 0 radical (unpaired) electrons. The van der Waals surface area contributed by atoms with Crippen molar-refractivity contribution in [2.24, 2.45) is 0 Å². The number of aliphatic hydroxyl groups is 1. The van der Waals surface area contributed by atoms with Crippen molar-refractivity contribution in [2.45, 2.75) is 103 Å². The predicted molar refractivity (Wildman–Crippen MR) is 93.0 cm³/mol. The van der Waals surface area contributed by atoms with Crippen LogP contribution in [0, 0.1) is 0 Å². The summed E-state index contributed by atoms with van der Waals surface area (Å²) in [5.74, 6) is 0. The lowest BCUT2D eigenvalue weighted by atomic mass is 9.86. The van der Waals surface area contributed by atoms with E-state index in [0.29, 0.717) is 6.10 Å². The summed E-state index contributed by atoms with van der Waals surface area (Å²) in [5, 5.41) is 10.6. The molecular weight excluding hydrogens is 272 g/mol. The van der Waals surface area contributed by atoms with Crippen LogP contribution in [0.25, 0.3) is 0 Å². The molecule has 0 saturated carbocycles. The summed E-state index contributed by atoms with van der Waals surface area (Å²) < 4.78 is 6.02. The Bertz CT molecular complexity index is 454. The molecule has 2 aliphatic rings. The van der Waals surface area contributed by atoms with Gasteiger partial charge in [0.25, 0.3) is 0 Å². The number of hydrogen-bond acceptors (Lipinski definition) is 2. The lowest BCUT2D eigenvalue weighted by Crippen LogP contribution is -2.24. The third kappa shape index (κ3) is 4.96. The standard InChI is InChI=1S/C20H34O2/c1-15(2)17-10-13-19(4,21)11-6-8-16(3)9-7-12-20(5)18(14-17)22-20/h9,18,21H,6-8,10-14H2,1-5H3. The van der Waals surface area contributed by atoms with Crippen LogP contribution >= 0.6 is 0 Å². The maximum atomic E-state index is 10.6. The van der Waals surface area contributed by atoms with Gasteiger partial charge in [0.05, 0.1) is 17.3 Å². The molecule has 1 heterocycles. The van der Waals surface area contributed by atoms with Crippen LogP contribution in [-0.4, -0.2) is 22.4 Å². The van der Waals surface area contributed by atoms with Crippen molar-refractivity contribution in [1.29, 1.82) is 0 Å². The van der Waals surface area contributed by atoms with Gasteiger partial charge in [-0.15, -0.1) is 0 Å². The molecule has 3 atom stereocenters. The number of ether oxygens (including phenoxy) is 1. The Morgan fingerprint density at radius 1 is 1.18 bits per heavy atom. The summed E-state index contributed by atoms with van der Waals surface area (Å²) in [6, 6.07) is 0. The van der Waals surface area contributed by atoms with Crippen LogP contribution in [0.1, 0.15) is 86.0 Å². The Labute approximate surface area is 136 Å². The van der Waals surface area contributed by atoms with Crippen LogP contribution < -0.4 is 0 Å². The van der Waals surface area contributed by atoms with Crippen LogP contribution in [0.15, 0.2) is 22.8 Å². The van der Waals surface area contributed by atoms with Gasteiger partial charge in [0.15, 0.2) is 0 Å². The third-order valence-corrected chi connectivity index (χ3v) is 5.56. The van der Waals surface area contributed by atoms with Gasteiger partial charge in [-0.05, 0) is 86.0 Å². The number of allylic oxidation sites excluding steroid dienone is 3. The smallest absolute Gasteiger partial charge is 0.0926 e. The average molecular weight is 306 g/mol. The van der Waals surface area contributed by atoms with E-state index in [1.165, 1.54) is 16.7 Å². The van der Waals surface area contributed by atoms with E-state index in [-0.39, 0.29) is 5.60 Å². The minimum Gasteiger partial charge on any atom is -0.390 e. The van der Waals surface area contributed by atoms with E-state index >= 15 is 0 Å². The summed E-state index contributed by atoms with van der Waals surface area (Å²) in [5.41, 5.74) is 3.87. The molecule has 0 bridgehead atoms. The van der Waals surface area contributed by atoms with Gasteiger partial charge < -0.3 is 9.84 Å². The maximum Gasteiger partial charge on any atom is 0.0926 e. The maximum absolute atomic E-state index is 10.6. The Kier molecular flexibility index (Phi) is 5.55. The fourth-order valence-electron chi connectivity index (χ4n) is 3.55. The van der Waals surface area contributed by atoms with E-state index in [1.807, 2.05) is 6.92 Å². The largest absolute Gasteiger partial charge is 0.390 e. The molecule has 22 heavy (non-hydrogen) atoms. The highest BCUT2D eigenvalue weighted by molar-refractivity contribution is 5.17. The zero-order chi connectivity index (χ0) is 16.4. The molecule has 0 aromatic rings. The Morgan fingerprint density at radius 3 is 2.59 bits per heavy atom. The van der Waals surface area contributed by atoms with Crippen LogP contribution in [-0.2, 0) is 4.74 Å². The van der Waals surface area contributed by atoms with Gasteiger partial charge in [-0.25, -0.2) is 0 Å². The molecule has 3 unspecified atom stereocenters. The van der Waals surface area contributed by atoms with Gasteiger partial charge in [-0.2, -0.15) is 0 Å². The molecule has 0 amide bonds. The zero-order valence-electron chi connectivity index (χ0n) is 15.2. The third-order valence-electron chi connectivity index (χ3n) is 5.56. The average Bonchev–Trinajstić information content (AvgIpc) is 3.03. The Hall–Kier alpha value is -0.600. The van der Waals surface area contributed by atoms with Gasteiger partial charge in [0.2, 0.25) is 0 Å². The van der Waals surface area contributed by atoms with Gasteiger partial charge in [-0.1, -0.05) is 22.8 Å². The van der Waals surface area contributed by atoms with Crippen LogP contribution in [0.4, 0.5) is 0 Å². The molecule has 1 N–H and O–H groups in total. The lowest BCUT2D eigenvalue weighted by Gasteiger charge is -2.24. The van der Waals surface area contributed by atoms with E-state index in [9.17, 15) is 5.11 Å². The molecule has 0 spiro atoms. The highest BCUT2D eigenvalue weighted by atomic mass is 16.6. The lowest BCUT2D eigenvalue weighted by molar-refractivity contribution is 0.0400. The van der Waals surface area contributed by atoms with E-state index in [1.54, 1.807) is 0 Å². The molecule has 0 aromatic heterocycles. The molecule has 126 valence electrons. The zero-order valence-corrected chi connectivity index (χ0v) is 15.2. The van der Waals surface area contributed by atoms with Gasteiger partial charge >= 0.3 is 0 Å². The second-order valence-electron chi connectivity index (χ2n) is 8.17. The highest BCUT2D eigenvalue weighted by Crippen LogP contribution is 2.45. The number of epoxide rings is 1. The van der Waals surface area contributed by atoms with E-state index in [4.69, 9.17) is 4.74 Å². The van der Waals surface area contributed by atoms with Crippen molar-refractivity contribution < 1.29 is 9.84 Å². The fraction of sp³-hybridized carbons (Fsp3) is 0.800. The summed E-state index contributed by atoms with van der Waals surface area (Å²) in [4.78, 5) is 0. The first kappa shape index (κ1) is 17.7. The van der Waals surface area contributed by atoms with Crippen molar-refractivity contribution in [3.8, 4) is 0 Å². The molecule has 1 saturated heterocycles. The Morgan fingerprint density at radius 2 is 1.91 bits per heavy atom. The first-order valence-corrected chi connectivity index (χ1v) is 8.93. The van der Waals surface area contributed by atoms with E-state index in [0.717, 1.165) is 51.4 Å². The highest BCUT2D eigenvalue weighted by Gasteiger charge is 2.51. The normalized spacial score (nSPS) is 37.8. The van der Waals surface area contributed by atoms with Gasteiger partial charge in [0, 0.05) is 0 Å². The molecule has 2 rings (SSSR count). The van der Waals surface area contributed by atoms with Crippen molar-refractivity contribution >= 4 is 0 Å². The van der Waals surface area contributed by atoms with Crippen molar-refractivity contribution in [3.05, 3.63) is 22.8 Å². The SMILES string of the molecule is CC1=CCCC2(C)OC2CC(=C(C)C)CCC(C)(O)CCC1. The van der Waals surface area contributed by atoms with E-state index < -0.39 is 5.60 Å². The minimum atomic E-state index is -0.543. The molecule has 1 fully saturated rings. The molecule has 0 aromatic carbocycles. The predicted octanol–water partition coefficient (Wildman–Crippen LogP) is 5.31. The molecule has 2 nitrogen and oxygen atoms in total. The van der Waals surface area contributed by atoms with Crippen LogP contribution in [0.2, 0.25) is 0 Å². The van der Waals surface area contributed by atoms with Crippen molar-refractivity contribution in [1.82, 2.24) is 0 Å². The first-order chi connectivity index (χ1) is 10.2. The number of fused-ring (bicyclic) bond motifs is 1. The topological polar surface area (TPSA) is 32.8 Å². The quantitative estimate of drug-likeness (QED) is 0.486. The van der Waals surface area contributed by atoms with Crippen LogP contribution in [0.5, 0.6) is 0 Å². The first-order valence-electron chi connectivity index (χ1n) is 8.93. The summed E-state index contributed by atoms with van der Waals surface area (Å²) >= 11 is 0. The van der Waals surface area contributed by atoms with Crippen LogP contribution in [0.3, 0.4) is 0 Å². The Balaban J connectivity index is 2.09. The monoisotopic (exact) mass is 306 g/mol. The summed E-state index contributed by atoms with van der Waals surface area (Å²) in [6.07, 6.45) is 11.0. The van der Waals surface area contributed by atoms with Crippen molar-refractivity contribution in [2.75, 3.05) is 0 Å². The second kappa shape index (κ2) is 6.88. The minimum absolute atomic E-state index is 0.0735. The summed E-state index contributed by atoms with van der Waals surface area (Å²) in [7, 11) is 0. The fourth-order valence-corrected chi connectivity index (χ4v) is 3.55. The molecule has 1 aliphatic carbocycles.